The van der Waals surface area contributed by atoms with Crippen LogP contribution in [0.1, 0.15) is 33.6 Å². The molecule has 88 valence electrons. The average Bonchev–Trinajstić information content (AvgIpc) is 2.15. The normalized spacial score (nSPS) is 27.5. The highest BCUT2D eigenvalue weighted by molar-refractivity contribution is 5.73. The van der Waals surface area contributed by atoms with Gasteiger partial charge >= 0.3 is 5.97 Å². The Kier molecular flexibility index (Phi) is 4.11. The molecule has 0 bridgehead atoms. The van der Waals surface area contributed by atoms with Crippen molar-refractivity contribution in [1.29, 1.82) is 0 Å². The summed E-state index contributed by atoms with van der Waals surface area (Å²) in [6, 6.07) is 0. The molecule has 0 saturated carbocycles. The Hall–Kier alpha value is -0.610. The minimum absolute atomic E-state index is 0.115. The van der Waals surface area contributed by atoms with Crippen LogP contribution in [0.5, 0.6) is 0 Å². The van der Waals surface area contributed by atoms with Gasteiger partial charge in [0.1, 0.15) is 5.60 Å². The summed E-state index contributed by atoms with van der Waals surface area (Å²) >= 11 is 0. The molecule has 1 aliphatic heterocycles. The Morgan fingerprint density at radius 3 is 2.53 bits per heavy atom. The average molecular weight is 215 g/mol. The van der Waals surface area contributed by atoms with Crippen LogP contribution in [0.4, 0.5) is 0 Å². The van der Waals surface area contributed by atoms with E-state index in [0.29, 0.717) is 13.2 Å². The molecule has 4 nitrogen and oxygen atoms in total. The Balaban J connectivity index is 2.37. The van der Waals surface area contributed by atoms with E-state index in [-0.39, 0.29) is 18.0 Å². The van der Waals surface area contributed by atoms with Gasteiger partial charge in [0.05, 0.1) is 18.6 Å². The molecule has 0 spiro atoms. The lowest BCUT2D eigenvalue weighted by atomic mass is 9.98. The first-order chi connectivity index (χ1) is 6.92. The van der Waals surface area contributed by atoms with Crippen LogP contribution < -0.4 is 5.73 Å². The monoisotopic (exact) mass is 215 g/mol. The van der Waals surface area contributed by atoms with Gasteiger partial charge in [0.25, 0.3) is 0 Å². The molecule has 2 N–H and O–H groups in total. The lowest BCUT2D eigenvalue weighted by Crippen LogP contribution is -2.37. The van der Waals surface area contributed by atoms with Crippen molar-refractivity contribution in [2.24, 2.45) is 11.7 Å². The second-order valence-electron chi connectivity index (χ2n) is 5.00. The highest BCUT2D eigenvalue weighted by Gasteiger charge is 2.29. The van der Waals surface area contributed by atoms with E-state index in [9.17, 15) is 4.79 Å². The van der Waals surface area contributed by atoms with Crippen molar-refractivity contribution in [3.05, 3.63) is 0 Å². The van der Waals surface area contributed by atoms with E-state index in [2.05, 4.69) is 0 Å². The van der Waals surface area contributed by atoms with Crippen molar-refractivity contribution < 1.29 is 14.3 Å². The van der Waals surface area contributed by atoms with Gasteiger partial charge in [-0.1, -0.05) is 0 Å². The molecule has 0 radical (unpaired) electrons. The summed E-state index contributed by atoms with van der Waals surface area (Å²) in [7, 11) is 0. The highest BCUT2D eigenvalue weighted by atomic mass is 16.6. The molecule has 0 aromatic heterocycles. The van der Waals surface area contributed by atoms with Gasteiger partial charge in [-0.25, -0.2) is 0 Å². The molecule has 0 amide bonds. The van der Waals surface area contributed by atoms with Gasteiger partial charge in [-0.15, -0.1) is 0 Å². The van der Waals surface area contributed by atoms with E-state index in [0.717, 1.165) is 12.8 Å². The quantitative estimate of drug-likeness (QED) is 0.700. The largest absolute Gasteiger partial charge is 0.460 e. The van der Waals surface area contributed by atoms with Crippen LogP contribution in [0.25, 0.3) is 0 Å². The van der Waals surface area contributed by atoms with Crippen molar-refractivity contribution in [1.82, 2.24) is 0 Å². The third kappa shape index (κ3) is 4.18. The summed E-state index contributed by atoms with van der Waals surface area (Å²) in [6.07, 6.45) is 1.78. The number of hydrogen-bond donors (Lipinski definition) is 1. The van der Waals surface area contributed by atoms with Crippen molar-refractivity contribution in [2.45, 2.75) is 45.3 Å². The van der Waals surface area contributed by atoms with E-state index in [1.54, 1.807) is 0 Å². The number of hydrogen-bond acceptors (Lipinski definition) is 4. The van der Waals surface area contributed by atoms with Gasteiger partial charge in [0, 0.05) is 6.54 Å². The molecular weight excluding hydrogens is 194 g/mol. The fraction of sp³-hybridized carbons (Fsp3) is 0.909. The summed E-state index contributed by atoms with van der Waals surface area (Å²) in [5, 5.41) is 0. The summed E-state index contributed by atoms with van der Waals surface area (Å²) in [4.78, 5) is 11.7. The zero-order valence-corrected chi connectivity index (χ0v) is 9.79. The predicted octanol–water partition coefficient (Wildman–Crippen LogP) is 1.08. The molecule has 1 rings (SSSR count). The molecule has 1 saturated heterocycles. The van der Waals surface area contributed by atoms with Gasteiger partial charge in [-0.05, 0) is 33.6 Å². The predicted molar refractivity (Wildman–Crippen MR) is 57.4 cm³/mol. The molecule has 1 fully saturated rings. The van der Waals surface area contributed by atoms with Crippen molar-refractivity contribution in [3.8, 4) is 0 Å². The third-order valence-electron chi connectivity index (χ3n) is 2.37. The second-order valence-corrected chi connectivity index (χ2v) is 5.00. The van der Waals surface area contributed by atoms with Crippen LogP contribution in [0.2, 0.25) is 0 Å². The zero-order valence-electron chi connectivity index (χ0n) is 9.79. The topological polar surface area (TPSA) is 61.5 Å². The van der Waals surface area contributed by atoms with Crippen LogP contribution in [-0.2, 0) is 14.3 Å². The molecule has 2 atom stereocenters. The van der Waals surface area contributed by atoms with E-state index >= 15 is 0 Å². The maximum absolute atomic E-state index is 11.7. The molecule has 1 heterocycles. The number of carbonyl (C=O) groups is 1. The number of nitrogens with two attached hydrogens (primary N) is 1. The molecular formula is C11H21NO3. The Labute approximate surface area is 91.1 Å². The van der Waals surface area contributed by atoms with E-state index in [4.69, 9.17) is 15.2 Å². The fourth-order valence-corrected chi connectivity index (χ4v) is 1.56. The van der Waals surface area contributed by atoms with E-state index in [1.807, 2.05) is 20.8 Å². The SMILES string of the molecule is CC(C)(C)OC(=O)C1CCC(CN)OC1. The van der Waals surface area contributed by atoms with E-state index in [1.165, 1.54) is 0 Å². The molecule has 0 aliphatic carbocycles. The van der Waals surface area contributed by atoms with Crippen molar-refractivity contribution >= 4 is 5.97 Å². The molecule has 15 heavy (non-hydrogen) atoms. The molecule has 4 heteroatoms. The van der Waals surface area contributed by atoms with Gasteiger partial charge < -0.3 is 15.2 Å². The first kappa shape index (κ1) is 12.5. The maximum Gasteiger partial charge on any atom is 0.311 e. The number of esters is 1. The molecule has 0 aromatic carbocycles. The zero-order chi connectivity index (χ0) is 11.5. The maximum atomic E-state index is 11.7. The van der Waals surface area contributed by atoms with Gasteiger partial charge in [-0.2, -0.15) is 0 Å². The first-order valence-corrected chi connectivity index (χ1v) is 5.47. The molecule has 2 unspecified atom stereocenters. The molecule has 0 aromatic rings. The number of carbonyl (C=O) groups excluding carboxylic acids is 1. The van der Waals surface area contributed by atoms with Crippen LogP contribution >= 0.6 is 0 Å². The van der Waals surface area contributed by atoms with Crippen molar-refractivity contribution in [3.63, 3.8) is 0 Å². The van der Waals surface area contributed by atoms with Gasteiger partial charge in [0.2, 0.25) is 0 Å². The van der Waals surface area contributed by atoms with Crippen LogP contribution in [0, 0.1) is 5.92 Å². The first-order valence-electron chi connectivity index (χ1n) is 5.47. The number of rotatable bonds is 2. The van der Waals surface area contributed by atoms with Crippen LogP contribution in [-0.4, -0.2) is 30.8 Å². The fourth-order valence-electron chi connectivity index (χ4n) is 1.56. The van der Waals surface area contributed by atoms with Gasteiger partial charge in [0.15, 0.2) is 0 Å². The Bertz CT molecular complexity index is 214. The van der Waals surface area contributed by atoms with Crippen LogP contribution in [0.15, 0.2) is 0 Å². The smallest absolute Gasteiger partial charge is 0.311 e. The summed E-state index contributed by atoms with van der Waals surface area (Å²) in [5.74, 6) is -0.273. The Morgan fingerprint density at radius 2 is 2.13 bits per heavy atom. The summed E-state index contributed by atoms with van der Waals surface area (Å²) in [5.41, 5.74) is 5.07. The lowest BCUT2D eigenvalue weighted by molar-refractivity contribution is -0.166. The van der Waals surface area contributed by atoms with Crippen molar-refractivity contribution in [2.75, 3.05) is 13.2 Å². The number of ether oxygens (including phenoxy) is 2. The second kappa shape index (κ2) is 4.94. The summed E-state index contributed by atoms with van der Waals surface area (Å²) in [6.45, 7) is 6.59. The standard InChI is InChI=1S/C11H21NO3/c1-11(2,3)15-10(13)8-4-5-9(6-12)14-7-8/h8-9H,4-7,12H2,1-3H3. The summed E-state index contributed by atoms with van der Waals surface area (Å²) < 4.78 is 10.7. The molecule has 1 aliphatic rings. The lowest BCUT2D eigenvalue weighted by Gasteiger charge is -2.29. The third-order valence-corrected chi connectivity index (χ3v) is 2.37. The minimum atomic E-state index is -0.415. The van der Waals surface area contributed by atoms with Gasteiger partial charge in [-0.3, -0.25) is 4.79 Å². The Morgan fingerprint density at radius 1 is 1.47 bits per heavy atom. The van der Waals surface area contributed by atoms with Crippen LogP contribution in [0.3, 0.4) is 0 Å². The minimum Gasteiger partial charge on any atom is -0.460 e. The highest BCUT2D eigenvalue weighted by Crippen LogP contribution is 2.21. The van der Waals surface area contributed by atoms with E-state index < -0.39 is 5.60 Å².